The van der Waals surface area contributed by atoms with Crippen LogP contribution in [0.1, 0.15) is 41.6 Å². The topological polar surface area (TPSA) is 68.4 Å². The fourth-order valence-electron chi connectivity index (χ4n) is 3.90. The summed E-state index contributed by atoms with van der Waals surface area (Å²) in [6, 6.07) is 5.88. The highest BCUT2D eigenvalue weighted by Crippen LogP contribution is 2.22. The lowest BCUT2D eigenvalue weighted by molar-refractivity contribution is -0.116. The average Bonchev–Trinajstić information content (AvgIpc) is 2.83. The number of amides is 1. The van der Waals surface area contributed by atoms with Crippen LogP contribution in [-0.2, 0) is 24.2 Å². The number of nitrogens with one attached hydrogen (secondary N) is 1. The van der Waals surface area contributed by atoms with Crippen LogP contribution >= 0.6 is 0 Å². The van der Waals surface area contributed by atoms with Gasteiger partial charge in [-0.05, 0) is 50.7 Å². The van der Waals surface area contributed by atoms with Crippen LogP contribution in [0.5, 0.6) is 0 Å². The molecule has 0 saturated carbocycles. The lowest BCUT2D eigenvalue weighted by Crippen LogP contribution is -2.29. The van der Waals surface area contributed by atoms with Gasteiger partial charge < -0.3 is 9.88 Å². The molecule has 0 spiro atoms. The minimum atomic E-state index is -0.204. The van der Waals surface area contributed by atoms with Crippen LogP contribution in [0.2, 0.25) is 0 Å². The van der Waals surface area contributed by atoms with Crippen molar-refractivity contribution in [2.24, 2.45) is 0 Å². The van der Waals surface area contributed by atoms with Crippen molar-refractivity contribution in [3.63, 3.8) is 0 Å². The maximum Gasteiger partial charge on any atom is 0.277 e. The predicted octanol–water partition coefficient (Wildman–Crippen LogP) is 3.02. The molecule has 0 atom stereocenters. The first-order valence-electron chi connectivity index (χ1n) is 9.50. The summed E-state index contributed by atoms with van der Waals surface area (Å²) in [4.78, 5) is 25.6. The Balaban J connectivity index is 1.64. The summed E-state index contributed by atoms with van der Waals surface area (Å²) in [6.07, 6.45) is 8.58. The van der Waals surface area contributed by atoms with E-state index in [0.717, 1.165) is 53.8 Å². The van der Waals surface area contributed by atoms with Crippen LogP contribution < -0.4 is 10.9 Å². The van der Waals surface area contributed by atoms with E-state index in [1.54, 1.807) is 16.9 Å². The number of carbonyl (C=O) groups excluding carboxylic acids is 1. The molecule has 1 amide bonds. The van der Waals surface area contributed by atoms with Gasteiger partial charge in [-0.3, -0.25) is 9.59 Å². The van der Waals surface area contributed by atoms with Crippen molar-refractivity contribution in [2.45, 2.75) is 52.5 Å². The molecule has 0 saturated heterocycles. The molecule has 0 bridgehead atoms. The van der Waals surface area contributed by atoms with Gasteiger partial charge in [0.1, 0.15) is 12.1 Å². The molecule has 2 heterocycles. The first-order valence-corrected chi connectivity index (χ1v) is 9.50. The number of para-hydroxylation sites is 1. The van der Waals surface area contributed by atoms with E-state index in [4.69, 9.17) is 0 Å². The Kier molecular flexibility index (Phi) is 4.56. The van der Waals surface area contributed by atoms with Crippen LogP contribution in [0.15, 0.2) is 35.4 Å². The second kappa shape index (κ2) is 7.02. The number of nitrogens with zero attached hydrogens (tertiary/aromatic N) is 3. The lowest BCUT2D eigenvalue weighted by atomic mass is 10.1. The molecule has 0 radical (unpaired) electrons. The van der Waals surface area contributed by atoms with Gasteiger partial charge in [0.2, 0.25) is 5.91 Å². The van der Waals surface area contributed by atoms with E-state index >= 15 is 0 Å². The van der Waals surface area contributed by atoms with Gasteiger partial charge in [-0.25, -0.2) is 4.52 Å². The molecule has 1 aliphatic carbocycles. The number of benzene rings is 1. The van der Waals surface area contributed by atoms with Crippen LogP contribution in [-0.4, -0.2) is 20.1 Å². The lowest BCUT2D eigenvalue weighted by Gasteiger charge is -2.12. The van der Waals surface area contributed by atoms with Gasteiger partial charge in [-0.15, -0.1) is 0 Å². The van der Waals surface area contributed by atoms with E-state index < -0.39 is 0 Å². The number of hydrogen-bond donors (Lipinski definition) is 1. The van der Waals surface area contributed by atoms with Crippen molar-refractivity contribution in [1.82, 2.24) is 14.2 Å². The fraction of sp³-hybridized carbons (Fsp3) is 0.381. The van der Waals surface area contributed by atoms with Crippen molar-refractivity contribution in [1.29, 1.82) is 0 Å². The van der Waals surface area contributed by atoms with Gasteiger partial charge in [-0.1, -0.05) is 24.6 Å². The number of hydrogen-bond acceptors (Lipinski definition) is 3. The molecule has 2 aromatic heterocycles. The zero-order valence-electron chi connectivity index (χ0n) is 15.8. The maximum atomic E-state index is 13.0. The molecule has 3 aromatic rings. The largest absolute Gasteiger partial charge is 0.324 e. The third kappa shape index (κ3) is 3.27. The van der Waals surface area contributed by atoms with Gasteiger partial charge in [0, 0.05) is 23.6 Å². The zero-order chi connectivity index (χ0) is 19.0. The number of aromatic nitrogens is 3. The van der Waals surface area contributed by atoms with Gasteiger partial charge in [0.15, 0.2) is 0 Å². The standard InChI is InChI=1S/C21H24N4O2/c1-14-7-6-8-15(2)19(14)22-18(26)13-24-11-12-25-20(21(24)27)16-9-4-3-5-10-17(16)23-25/h6-8,11-12H,3-5,9-10,13H2,1-2H3,(H,22,26). The Morgan fingerprint density at radius 1 is 1.11 bits per heavy atom. The maximum absolute atomic E-state index is 13.0. The molecule has 4 rings (SSSR count). The van der Waals surface area contributed by atoms with Crippen molar-refractivity contribution < 1.29 is 4.79 Å². The molecule has 6 nitrogen and oxygen atoms in total. The second-order valence-corrected chi connectivity index (χ2v) is 7.33. The molecule has 140 valence electrons. The molecule has 0 unspecified atom stereocenters. The molecule has 0 aliphatic heterocycles. The molecule has 1 aliphatic rings. The molecule has 1 N–H and O–H groups in total. The number of anilines is 1. The Morgan fingerprint density at radius 3 is 2.63 bits per heavy atom. The highest BCUT2D eigenvalue weighted by atomic mass is 16.2. The monoisotopic (exact) mass is 364 g/mol. The van der Waals surface area contributed by atoms with Gasteiger partial charge in [0.25, 0.3) is 5.56 Å². The van der Waals surface area contributed by atoms with Crippen molar-refractivity contribution >= 4 is 17.1 Å². The van der Waals surface area contributed by atoms with E-state index in [-0.39, 0.29) is 18.0 Å². The van der Waals surface area contributed by atoms with Gasteiger partial charge in [-0.2, -0.15) is 5.10 Å². The predicted molar refractivity (Wildman–Crippen MR) is 105 cm³/mol. The number of aryl methyl sites for hydroxylation is 4. The molecule has 27 heavy (non-hydrogen) atoms. The van der Waals surface area contributed by atoms with Gasteiger partial charge >= 0.3 is 0 Å². The van der Waals surface area contributed by atoms with Crippen LogP contribution in [0, 0.1) is 13.8 Å². The highest BCUT2D eigenvalue weighted by molar-refractivity contribution is 5.92. The second-order valence-electron chi connectivity index (χ2n) is 7.33. The molecule has 6 heteroatoms. The first-order chi connectivity index (χ1) is 13.0. The van der Waals surface area contributed by atoms with Crippen molar-refractivity contribution in [3.05, 3.63) is 63.3 Å². The van der Waals surface area contributed by atoms with E-state index in [1.807, 2.05) is 32.0 Å². The third-order valence-corrected chi connectivity index (χ3v) is 5.34. The Bertz CT molecular complexity index is 1060. The SMILES string of the molecule is Cc1cccc(C)c1NC(=O)Cn1ccn2nc3c(c2c1=O)CCCCC3. The fourth-order valence-corrected chi connectivity index (χ4v) is 3.90. The van der Waals surface area contributed by atoms with E-state index in [9.17, 15) is 9.59 Å². The highest BCUT2D eigenvalue weighted by Gasteiger charge is 2.19. The molecular weight excluding hydrogens is 340 g/mol. The number of fused-ring (bicyclic) bond motifs is 3. The van der Waals surface area contributed by atoms with E-state index in [0.29, 0.717) is 5.52 Å². The summed E-state index contributed by atoms with van der Waals surface area (Å²) in [7, 11) is 0. The minimum Gasteiger partial charge on any atom is -0.324 e. The number of rotatable bonds is 3. The van der Waals surface area contributed by atoms with E-state index in [2.05, 4.69) is 10.4 Å². The number of carbonyl (C=O) groups is 1. The smallest absolute Gasteiger partial charge is 0.277 e. The molecule has 1 aromatic carbocycles. The Hall–Kier alpha value is -2.89. The van der Waals surface area contributed by atoms with Crippen LogP contribution in [0.3, 0.4) is 0 Å². The minimum absolute atomic E-state index is 0.0109. The summed E-state index contributed by atoms with van der Waals surface area (Å²) >= 11 is 0. The van der Waals surface area contributed by atoms with Crippen molar-refractivity contribution in [3.8, 4) is 0 Å². The summed E-state index contributed by atoms with van der Waals surface area (Å²) in [5.74, 6) is -0.204. The summed E-state index contributed by atoms with van der Waals surface area (Å²) in [5.41, 5.74) is 5.39. The van der Waals surface area contributed by atoms with Crippen LogP contribution in [0.4, 0.5) is 5.69 Å². The third-order valence-electron chi connectivity index (χ3n) is 5.34. The first kappa shape index (κ1) is 17.5. The molecule has 0 fully saturated rings. The quantitative estimate of drug-likeness (QED) is 0.727. The van der Waals surface area contributed by atoms with Crippen LogP contribution in [0.25, 0.3) is 5.52 Å². The van der Waals surface area contributed by atoms with Gasteiger partial charge in [0.05, 0.1) is 5.69 Å². The average molecular weight is 364 g/mol. The summed E-state index contributed by atoms with van der Waals surface area (Å²) in [6.45, 7) is 3.91. The normalized spacial score (nSPS) is 14.0. The van der Waals surface area contributed by atoms with E-state index in [1.165, 1.54) is 11.0 Å². The summed E-state index contributed by atoms with van der Waals surface area (Å²) in [5, 5.41) is 7.54. The van der Waals surface area contributed by atoms with Crippen molar-refractivity contribution in [2.75, 3.05) is 5.32 Å². The Morgan fingerprint density at radius 2 is 1.85 bits per heavy atom. The summed E-state index contributed by atoms with van der Waals surface area (Å²) < 4.78 is 3.16. The Labute approximate surface area is 157 Å². The zero-order valence-corrected chi connectivity index (χ0v) is 15.8. The molecular formula is C21H24N4O2.